The quantitative estimate of drug-likeness (QED) is 0.784. The summed E-state index contributed by atoms with van der Waals surface area (Å²) in [5, 5.41) is 12.0. The van der Waals surface area contributed by atoms with Crippen LogP contribution in [0.15, 0.2) is 48.5 Å². The Hall–Kier alpha value is -3.02. The van der Waals surface area contributed by atoms with E-state index in [-0.39, 0.29) is 18.4 Å². The van der Waals surface area contributed by atoms with E-state index in [9.17, 15) is 9.59 Å². The molecule has 1 aliphatic heterocycles. The van der Waals surface area contributed by atoms with Gasteiger partial charge in [0, 0.05) is 24.4 Å². The molecule has 2 N–H and O–H groups in total. The smallest absolute Gasteiger partial charge is 0.303 e. The summed E-state index contributed by atoms with van der Waals surface area (Å²) in [7, 11) is 0. The minimum absolute atomic E-state index is 0.00107. The zero-order valence-electron chi connectivity index (χ0n) is 15.0. The van der Waals surface area contributed by atoms with Crippen LogP contribution in [0.5, 0.6) is 11.5 Å². The van der Waals surface area contributed by atoms with Crippen molar-refractivity contribution in [1.29, 1.82) is 0 Å². The molecule has 0 spiro atoms. The Labute approximate surface area is 158 Å². The molecule has 0 fully saturated rings. The lowest BCUT2D eigenvalue weighted by Crippen LogP contribution is -2.37. The molecule has 1 heterocycles. The van der Waals surface area contributed by atoms with Gasteiger partial charge in [0.15, 0.2) is 11.5 Å². The average molecular weight is 369 g/mol. The third-order valence-electron chi connectivity index (χ3n) is 4.38. The fraction of sp³-hybridized carbons (Fsp3) is 0.333. The molecule has 1 amide bonds. The summed E-state index contributed by atoms with van der Waals surface area (Å²) < 4.78 is 11.2. The maximum absolute atomic E-state index is 12.7. The van der Waals surface area contributed by atoms with Crippen LogP contribution in [0.1, 0.15) is 35.2 Å². The van der Waals surface area contributed by atoms with Crippen LogP contribution in [0.25, 0.3) is 0 Å². The average Bonchev–Trinajstić information content (AvgIpc) is 2.91. The van der Waals surface area contributed by atoms with Gasteiger partial charge in [0.05, 0.1) is 13.2 Å². The molecule has 0 saturated heterocycles. The summed E-state index contributed by atoms with van der Waals surface area (Å²) in [6.45, 7) is 1.14. The van der Waals surface area contributed by atoms with Crippen molar-refractivity contribution < 1.29 is 24.2 Å². The number of hydrogen-bond acceptors (Lipinski definition) is 4. The second-order valence-corrected chi connectivity index (χ2v) is 6.50. The van der Waals surface area contributed by atoms with Crippen molar-refractivity contribution in [2.45, 2.75) is 31.7 Å². The minimum Gasteiger partial charge on any atom is -0.490 e. The molecule has 27 heavy (non-hydrogen) atoms. The van der Waals surface area contributed by atoms with Gasteiger partial charge in [-0.15, -0.1) is 0 Å². The van der Waals surface area contributed by atoms with Crippen LogP contribution in [-0.4, -0.2) is 36.2 Å². The number of hydrogen-bond donors (Lipinski definition) is 2. The molecule has 1 aliphatic rings. The molecule has 142 valence electrons. The standard InChI is InChI=1S/C21H23NO5/c23-20(24)10-8-17(13-15-5-2-1-3-6-15)22-21(25)16-7-9-18-19(14-16)27-12-4-11-26-18/h1-3,5-7,9,14,17H,4,8,10-13H2,(H,22,25)(H,23,24). The highest BCUT2D eigenvalue weighted by Gasteiger charge is 2.18. The summed E-state index contributed by atoms with van der Waals surface area (Å²) in [6, 6.07) is 14.5. The fourth-order valence-electron chi connectivity index (χ4n) is 2.99. The van der Waals surface area contributed by atoms with Gasteiger partial charge in [-0.2, -0.15) is 0 Å². The van der Waals surface area contributed by atoms with Gasteiger partial charge < -0.3 is 19.9 Å². The van der Waals surface area contributed by atoms with Crippen molar-refractivity contribution in [3.05, 3.63) is 59.7 Å². The fourth-order valence-corrected chi connectivity index (χ4v) is 2.99. The Kier molecular flexibility index (Phi) is 6.30. The predicted molar refractivity (Wildman–Crippen MR) is 100 cm³/mol. The van der Waals surface area contributed by atoms with Gasteiger partial charge >= 0.3 is 5.97 Å². The first-order chi connectivity index (χ1) is 13.1. The Morgan fingerprint density at radius 1 is 1.04 bits per heavy atom. The molecule has 2 aromatic rings. The van der Waals surface area contributed by atoms with E-state index in [2.05, 4.69) is 5.32 Å². The topological polar surface area (TPSA) is 84.9 Å². The number of aliphatic carboxylic acids is 1. The van der Waals surface area contributed by atoms with Gasteiger partial charge in [0.2, 0.25) is 0 Å². The molecular formula is C21H23NO5. The first kappa shape index (κ1) is 18.8. The number of carbonyl (C=O) groups excluding carboxylic acids is 1. The summed E-state index contributed by atoms with van der Waals surface area (Å²) in [6.07, 6.45) is 1.73. The zero-order valence-corrected chi connectivity index (χ0v) is 15.0. The van der Waals surface area contributed by atoms with Gasteiger partial charge in [-0.1, -0.05) is 30.3 Å². The number of ether oxygens (including phenoxy) is 2. The van der Waals surface area contributed by atoms with Crippen molar-refractivity contribution in [3.8, 4) is 11.5 Å². The molecule has 0 saturated carbocycles. The van der Waals surface area contributed by atoms with Crippen LogP contribution < -0.4 is 14.8 Å². The van der Waals surface area contributed by atoms with Gasteiger partial charge in [-0.25, -0.2) is 0 Å². The Morgan fingerprint density at radius 2 is 1.78 bits per heavy atom. The number of carboxylic acids is 1. The van der Waals surface area contributed by atoms with Crippen LogP contribution in [0.2, 0.25) is 0 Å². The van der Waals surface area contributed by atoms with Crippen molar-refractivity contribution in [2.24, 2.45) is 0 Å². The van der Waals surface area contributed by atoms with Crippen LogP contribution in [0, 0.1) is 0 Å². The summed E-state index contributed by atoms with van der Waals surface area (Å²) >= 11 is 0. The van der Waals surface area contributed by atoms with E-state index in [1.807, 2.05) is 30.3 Å². The van der Waals surface area contributed by atoms with Crippen molar-refractivity contribution in [3.63, 3.8) is 0 Å². The van der Waals surface area contributed by atoms with E-state index >= 15 is 0 Å². The maximum Gasteiger partial charge on any atom is 0.303 e. The predicted octanol–water partition coefficient (Wildman–Crippen LogP) is 3.05. The SMILES string of the molecule is O=C(O)CCC(Cc1ccccc1)NC(=O)c1ccc2c(c1)OCCCO2. The highest BCUT2D eigenvalue weighted by molar-refractivity contribution is 5.95. The van der Waals surface area contributed by atoms with Gasteiger partial charge in [-0.05, 0) is 36.6 Å². The molecule has 6 nitrogen and oxygen atoms in total. The molecule has 1 unspecified atom stereocenters. The second-order valence-electron chi connectivity index (χ2n) is 6.50. The van der Waals surface area contributed by atoms with Gasteiger partial charge in [-0.3, -0.25) is 9.59 Å². The first-order valence-electron chi connectivity index (χ1n) is 9.08. The third kappa shape index (κ3) is 5.48. The largest absolute Gasteiger partial charge is 0.490 e. The molecule has 0 aromatic heterocycles. The highest BCUT2D eigenvalue weighted by Crippen LogP contribution is 2.30. The molecule has 3 rings (SSSR count). The minimum atomic E-state index is -0.877. The van der Waals surface area contributed by atoms with E-state index < -0.39 is 5.97 Å². The summed E-state index contributed by atoms with van der Waals surface area (Å²) in [4.78, 5) is 23.7. The summed E-state index contributed by atoms with van der Waals surface area (Å²) in [5.41, 5.74) is 1.51. The van der Waals surface area contributed by atoms with Crippen LogP contribution in [0.3, 0.4) is 0 Å². The highest BCUT2D eigenvalue weighted by atomic mass is 16.5. The number of carbonyl (C=O) groups is 2. The normalized spacial score (nSPS) is 14.1. The molecule has 6 heteroatoms. The first-order valence-corrected chi connectivity index (χ1v) is 9.08. The van der Waals surface area contributed by atoms with E-state index in [0.29, 0.717) is 43.1 Å². The number of carboxylic acid groups (broad SMARTS) is 1. The van der Waals surface area contributed by atoms with E-state index in [0.717, 1.165) is 12.0 Å². The Bertz CT molecular complexity index is 790. The number of fused-ring (bicyclic) bond motifs is 1. The van der Waals surface area contributed by atoms with E-state index in [1.54, 1.807) is 18.2 Å². The molecule has 0 bridgehead atoms. The van der Waals surface area contributed by atoms with Crippen molar-refractivity contribution >= 4 is 11.9 Å². The number of benzene rings is 2. The molecule has 2 aromatic carbocycles. The van der Waals surface area contributed by atoms with Gasteiger partial charge in [0.25, 0.3) is 5.91 Å². The van der Waals surface area contributed by atoms with E-state index in [1.165, 1.54) is 0 Å². The Balaban J connectivity index is 1.71. The molecule has 0 radical (unpaired) electrons. The molecular weight excluding hydrogens is 346 g/mol. The number of rotatable bonds is 7. The number of amides is 1. The van der Waals surface area contributed by atoms with E-state index in [4.69, 9.17) is 14.6 Å². The van der Waals surface area contributed by atoms with Gasteiger partial charge in [0.1, 0.15) is 0 Å². The molecule has 1 atom stereocenters. The maximum atomic E-state index is 12.7. The lowest BCUT2D eigenvalue weighted by molar-refractivity contribution is -0.137. The molecule has 0 aliphatic carbocycles. The Morgan fingerprint density at radius 3 is 2.52 bits per heavy atom. The van der Waals surface area contributed by atoms with Crippen LogP contribution >= 0.6 is 0 Å². The van der Waals surface area contributed by atoms with Crippen molar-refractivity contribution in [2.75, 3.05) is 13.2 Å². The summed E-state index contributed by atoms with van der Waals surface area (Å²) in [5.74, 6) is 0.0657. The second kappa shape index (κ2) is 9.07. The number of nitrogens with one attached hydrogen (secondary N) is 1. The lowest BCUT2D eigenvalue weighted by Gasteiger charge is -2.19. The van der Waals surface area contributed by atoms with Crippen molar-refractivity contribution in [1.82, 2.24) is 5.32 Å². The zero-order chi connectivity index (χ0) is 19.1. The lowest BCUT2D eigenvalue weighted by atomic mass is 10.0. The van der Waals surface area contributed by atoms with Crippen LogP contribution in [-0.2, 0) is 11.2 Å². The van der Waals surface area contributed by atoms with Crippen LogP contribution in [0.4, 0.5) is 0 Å². The third-order valence-corrected chi connectivity index (χ3v) is 4.38. The monoisotopic (exact) mass is 369 g/mol.